The van der Waals surface area contributed by atoms with Gasteiger partial charge in [0.1, 0.15) is 11.8 Å². The summed E-state index contributed by atoms with van der Waals surface area (Å²) in [7, 11) is 0. The van der Waals surface area contributed by atoms with Gasteiger partial charge in [0.2, 0.25) is 0 Å². The number of aryl methyl sites for hydroxylation is 1. The first kappa shape index (κ1) is 20.2. The van der Waals surface area contributed by atoms with Crippen LogP contribution in [0.5, 0.6) is 0 Å². The average Bonchev–Trinajstić information content (AvgIpc) is 2.94. The summed E-state index contributed by atoms with van der Waals surface area (Å²) in [6.45, 7) is 1.80. The number of nitrogens with zero attached hydrogens (tertiary/aromatic N) is 2. The first-order chi connectivity index (χ1) is 13.1. The third kappa shape index (κ3) is 3.58. The van der Waals surface area contributed by atoms with Gasteiger partial charge in [0.25, 0.3) is 5.91 Å². The normalized spacial score (nSPS) is 11.3. The quantitative estimate of drug-likeness (QED) is 0.434. The van der Waals surface area contributed by atoms with Crippen LogP contribution in [0.4, 0.5) is 13.2 Å². The van der Waals surface area contributed by atoms with Crippen LogP contribution in [0, 0.1) is 18.3 Å². The fraction of sp³-hybridized carbons (Fsp3) is 0.100. The zero-order valence-corrected chi connectivity index (χ0v) is 16.7. The molecule has 142 valence electrons. The molecule has 0 radical (unpaired) electrons. The van der Waals surface area contributed by atoms with Gasteiger partial charge >= 0.3 is 6.18 Å². The highest BCUT2D eigenvalue weighted by atomic mass is 79.9. The molecule has 3 nitrogen and oxygen atoms in total. The number of carbonyl (C=O) groups excluding carboxylic acids is 1. The van der Waals surface area contributed by atoms with E-state index in [2.05, 4.69) is 15.9 Å². The van der Waals surface area contributed by atoms with Gasteiger partial charge in [-0.25, -0.2) is 0 Å². The van der Waals surface area contributed by atoms with Crippen molar-refractivity contribution in [3.63, 3.8) is 0 Å². The summed E-state index contributed by atoms with van der Waals surface area (Å²) in [4.78, 5) is 13.1. The molecular weight excluding hydrogens is 457 g/mol. The molecule has 0 aliphatic heterocycles. The Morgan fingerprint density at radius 2 is 1.68 bits per heavy atom. The van der Waals surface area contributed by atoms with Gasteiger partial charge in [-0.15, -0.1) is 0 Å². The maximum atomic E-state index is 13.8. The molecule has 3 aromatic rings. The minimum Gasteiger partial charge on any atom is -0.269 e. The lowest BCUT2D eigenvalue weighted by molar-refractivity contribution is -0.143. The van der Waals surface area contributed by atoms with Crippen LogP contribution in [0.15, 0.2) is 53.0 Å². The highest BCUT2D eigenvalue weighted by Gasteiger charge is 2.42. The number of alkyl halides is 3. The number of nitriles is 1. The molecular formula is C20H11BrClF3N2O. The fourth-order valence-electron chi connectivity index (χ4n) is 2.81. The number of benzene rings is 2. The van der Waals surface area contributed by atoms with E-state index >= 15 is 0 Å². The maximum Gasteiger partial charge on any atom is 0.433 e. The molecule has 2 aromatic carbocycles. The van der Waals surface area contributed by atoms with Crippen molar-refractivity contribution in [2.24, 2.45) is 0 Å². The van der Waals surface area contributed by atoms with Crippen molar-refractivity contribution >= 4 is 33.4 Å². The van der Waals surface area contributed by atoms with Crippen molar-refractivity contribution in [3.8, 4) is 17.3 Å². The van der Waals surface area contributed by atoms with Crippen molar-refractivity contribution in [2.75, 3.05) is 0 Å². The lowest BCUT2D eigenvalue weighted by Gasteiger charge is -2.15. The number of rotatable bonds is 2. The summed E-state index contributed by atoms with van der Waals surface area (Å²) < 4.78 is 41.5. The molecule has 0 spiro atoms. The van der Waals surface area contributed by atoms with Crippen LogP contribution in [0.1, 0.15) is 27.2 Å². The molecule has 0 amide bonds. The van der Waals surface area contributed by atoms with Crippen LogP contribution in [-0.4, -0.2) is 10.5 Å². The van der Waals surface area contributed by atoms with E-state index in [1.807, 2.05) is 0 Å². The Labute approximate surface area is 172 Å². The molecule has 0 N–H and O–H groups in total. The molecule has 0 bridgehead atoms. The van der Waals surface area contributed by atoms with Crippen LogP contribution in [0.3, 0.4) is 0 Å². The van der Waals surface area contributed by atoms with Crippen molar-refractivity contribution < 1.29 is 18.0 Å². The Bertz CT molecular complexity index is 1090. The SMILES string of the molecule is Cc1ccc(C(=O)n2c(-c3ccc(Cl)cc3)c(C#N)c(Br)c2C(F)(F)F)cc1. The molecule has 0 aliphatic rings. The van der Waals surface area contributed by atoms with E-state index in [0.717, 1.165) is 5.56 Å². The van der Waals surface area contributed by atoms with Crippen LogP contribution in [-0.2, 0) is 6.18 Å². The van der Waals surface area contributed by atoms with Gasteiger partial charge in [-0.05, 0) is 47.1 Å². The Hall–Kier alpha value is -2.56. The van der Waals surface area contributed by atoms with E-state index in [4.69, 9.17) is 11.6 Å². The predicted molar refractivity (Wildman–Crippen MR) is 103 cm³/mol. The highest BCUT2D eigenvalue weighted by Crippen LogP contribution is 2.43. The second kappa shape index (κ2) is 7.46. The predicted octanol–water partition coefficient (Wildman–Crippen LogP) is 6.46. The fourth-order valence-corrected chi connectivity index (χ4v) is 3.61. The minimum atomic E-state index is -4.87. The summed E-state index contributed by atoms with van der Waals surface area (Å²) in [6, 6.07) is 13.8. The summed E-state index contributed by atoms with van der Waals surface area (Å²) in [6.07, 6.45) is -4.87. The minimum absolute atomic E-state index is 0.0679. The van der Waals surface area contributed by atoms with E-state index < -0.39 is 22.3 Å². The zero-order chi connectivity index (χ0) is 20.6. The van der Waals surface area contributed by atoms with Crippen LogP contribution in [0.25, 0.3) is 11.3 Å². The van der Waals surface area contributed by atoms with E-state index in [1.165, 1.54) is 36.4 Å². The Morgan fingerprint density at radius 3 is 2.18 bits per heavy atom. The summed E-state index contributed by atoms with van der Waals surface area (Å²) in [5.74, 6) is -0.889. The van der Waals surface area contributed by atoms with Crippen LogP contribution < -0.4 is 0 Å². The Balaban J connectivity index is 2.38. The molecule has 0 aliphatic carbocycles. The van der Waals surface area contributed by atoms with Crippen molar-refractivity contribution in [3.05, 3.63) is 80.4 Å². The first-order valence-corrected chi connectivity index (χ1v) is 9.11. The first-order valence-electron chi connectivity index (χ1n) is 7.94. The third-order valence-corrected chi connectivity index (χ3v) is 5.14. The Morgan fingerprint density at radius 1 is 1.11 bits per heavy atom. The van der Waals surface area contributed by atoms with E-state index in [0.29, 0.717) is 9.59 Å². The maximum absolute atomic E-state index is 13.8. The van der Waals surface area contributed by atoms with Crippen molar-refractivity contribution in [1.29, 1.82) is 5.26 Å². The summed E-state index contributed by atoms with van der Waals surface area (Å²) in [5.41, 5.74) is -0.480. The molecule has 28 heavy (non-hydrogen) atoms. The monoisotopic (exact) mass is 466 g/mol. The van der Waals surface area contributed by atoms with Gasteiger partial charge in [-0.1, -0.05) is 41.4 Å². The number of carbonyl (C=O) groups is 1. The molecule has 0 fully saturated rings. The number of hydrogen-bond acceptors (Lipinski definition) is 2. The molecule has 3 rings (SSSR count). The second-order valence-corrected chi connectivity index (χ2v) is 7.24. The Kier molecular flexibility index (Phi) is 5.37. The highest BCUT2D eigenvalue weighted by molar-refractivity contribution is 9.10. The van der Waals surface area contributed by atoms with Crippen molar-refractivity contribution in [2.45, 2.75) is 13.1 Å². The number of aromatic nitrogens is 1. The number of halogens is 5. The topological polar surface area (TPSA) is 45.8 Å². The standard InChI is InChI=1S/C20H11BrClF3N2O/c1-11-2-4-13(5-3-11)19(28)27-17(12-6-8-14(22)9-7-12)15(10-26)16(21)18(27)20(23,24)25/h2-9H,1H3. The molecule has 8 heteroatoms. The van der Waals surface area contributed by atoms with Gasteiger partial charge in [0.15, 0.2) is 0 Å². The smallest absolute Gasteiger partial charge is 0.269 e. The molecule has 0 saturated carbocycles. The zero-order valence-electron chi connectivity index (χ0n) is 14.3. The van der Waals surface area contributed by atoms with Gasteiger partial charge in [-0.2, -0.15) is 18.4 Å². The third-order valence-electron chi connectivity index (χ3n) is 4.11. The van der Waals surface area contributed by atoms with E-state index in [-0.39, 0.29) is 22.4 Å². The van der Waals surface area contributed by atoms with Crippen LogP contribution >= 0.6 is 27.5 Å². The average molecular weight is 468 g/mol. The molecule has 0 saturated heterocycles. The van der Waals surface area contributed by atoms with Gasteiger partial charge in [0.05, 0.1) is 15.7 Å². The second-order valence-electron chi connectivity index (χ2n) is 6.01. The lowest BCUT2D eigenvalue weighted by atomic mass is 10.1. The molecule has 0 atom stereocenters. The molecule has 1 aromatic heterocycles. The molecule has 1 heterocycles. The summed E-state index contributed by atoms with van der Waals surface area (Å²) >= 11 is 8.74. The summed E-state index contributed by atoms with van der Waals surface area (Å²) in [5, 5.41) is 9.88. The van der Waals surface area contributed by atoms with Crippen molar-refractivity contribution in [1.82, 2.24) is 4.57 Å². The van der Waals surface area contributed by atoms with Gasteiger partial charge in [-0.3, -0.25) is 9.36 Å². The van der Waals surface area contributed by atoms with E-state index in [9.17, 15) is 23.2 Å². The van der Waals surface area contributed by atoms with Gasteiger partial charge < -0.3 is 0 Å². The van der Waals surface area contributed by atoms with Crippen LogP contribution in [0.2, 0.25) is 5.02 Å². The molecule has 0 unspecified atom stereocenters. The lowest BCUT2D eigenvalue weighted by Crippen LogP contribution is -2.22. The van der Waals surface area contributed by atoms with Gasteiger partial charge in [0, 0.05) is 16.1 Å². The van der Waals surface area contributed by atoms with E-state index in [1.54, 1.807) is 25.1 Å². The number of hydrogen-bond donors (Lipinski definition) is 0. The largest absolute Gasteiger partial charge is 0.433 e.